The highest BCUT2D eigenvalue weighted by Gasteiger charge is 2.62. The molecule has 2 aliphatic heterocycles. The van der Waals surface area contributed by atoms with Gasteiger partial charge in [-0.15, -0.1) is 0 Å². The van der Waals surface area contributed by atoms with E-state index >= 15 is 0 Å². The molecule has 216 valence electrons. The second-order valence-corrected chi connectivity index (χ2v) is 12.1. The highest BCUT2D eigenvalue weighted by Crippen LogP contribution is 2.51. The normalized spacial score (nSPS) is 22.4. The van der Waals surface area contributed by atoms with E-state index in [4.69, 9.17) is 14.2 Å². The summed E-state index contributed by atoms with van der Waals surface area (Å²) >= 11 is 0. The fourth-order valence-corrected chi connectivity index (χ4v) is 6.01. The lowest BCUT2D eigenvalue weighted by Crippen LogP contribution is -2.61. The molecule has 2 heterocycles. The first-order valence-electron chi connectivity index (χ1n) is 13.8. The molecular weight excluding hydrogens is 520 g/mol. The Bertz CT molecular complexity index is 1420. The Labute approximate surface area is 241 Å². The SMILES string of the molecule is COc1ccc([C@@]2([C@@H](O)[C@@H]3COC(C)(C)N3C(=O)OC(C)(C)C)C(=O)N(Cc3ccccc3)c3ccccc32)cc1. The molecule has 41 heavy (non-hydrogen) atoms. The number of rotatable bonds is 6. The van der Waals surface area contributed by atoms with Crippen molar-refractivity contribution in [3.63, 3.8) is 0 Å². The number of nitrogens with zero attached hydrogens (tertiary/aromatic N) is 2. The summed E-state index contributed by atoms with van der Waals surface area (Å²) in [6.45, 7) is 9.24. The van der Waals surface area contributed by atoms with Gasteiger partial charge >= 0.3 is 6.09 Å². The van der Waals surface area contributed by atoms with Crippen molar-refractivity contribution in [1.29, 1.82) is 0 Å². The Morgan fingerprint density at radius 2 is 1.66 bits per heavy atom. The summed E-state index contributed by atoms with van der Waals surface area (Å²) in [6, 6.07) is 23.6. The summed E-state index contributed by atoms with van der Waals surface area (Å²) in [5, 5.41) is 12.5. The molecule has 3 aromatic carbocycles. The van der Waals surface area contributed by atoms with Crippen molar-refractivity contribution in [3.8, 4) is 5.75 Å². The van der Waals surface area contributed by atoms with Crippen LogP contribution in [0.25, 0.3) is 0 Å². The molecule has 2 aliphatic rings. The van der Waals surface area contributed by atoms with Gasteiger partial charge in [-0.1, -0.05) is 60.7 Å². The van der Waals surface area contributed by atoms with E-state index in [1.54, 1.807) is 58.8 Å². The summed E-state index contributed by atoms with van der Waals surface area (Å²) < 4.78 is 17.2. The fraction of sp³-hybridized carbons (Fsp3) is 0.394. The van der Waals surface area contributed by atoms with E-state index in [9.17, 15) is 14.7 Å². The van der Waals surface area contributed by atoms with Gasteiger partial charge in [0.1, 0.15) is 22.5 Å². The lowest BCUT2D eigenvalue weighted by molar-refractivity contribution is -0.127. The highest BCUT2D eigenvalue weighted by molar-refractivity contribution is 6.11. The predicted molar refractivity (Wildman–Crippen MR) is 156 cm³/mol. The van der Waals surface area contributed by atoms with Crippen LogP contribution in [0.5, 0.6) is 5.75 Å². The summed E-state index contributed by atoms with van der Waals surface area (Å²) in [7, 11) is 1.58. The Hall–Kier alpha value is -3.88. The molecule has 3 aromatic rings. The van der Waals surface area contributed by atoms with E-state index in [1.807, 2.05) is 66.7 Å². The quantitative estimate of drug-likeness (QED) is 0.444. The molecule has 0 spiro atoms. The largest absolute Gasteiger partial charge is 0.497 e. The molecule has 8 nitrogen and oxygen atoms in total. The zero-order valence-electron chi connectivity index (χ0n) is 24.5. The number of amides is 2. The molecule has 1 fully saturated rings. The Balaban J connectivity index is 1.68. The van der Waals surface area contributed by atoms with Crippen LogP contribution in [0.4, 0.5) is 10.5 Å². The molecule has 8 heteroatoms. The zero-order valence-corrected chi connectivity index (χ0v) is 24.5. The molecular formula is C33H38N2O6. The number of fused-ring (bicyclic) bond motifs is 1. The van der Waals surface area contributed by atoms with Gasteiger partial charge in [0.2, 0.25) is 5.91 Å². The molecule has 0 saturated carbocycles. The number of hydrogen-bond acceptors (Lipinski definition) is 6. The van der Waals surface area contributed by atoms with Gasteiger partial charge < -0.3 is 24.2 Å². The van der Waals surface area contributed by atoms with Crippen molar-refractivity contribution in [1.82, 2.24) is 4.90 Å². The monoisotopic (exact) mass is 558 g/mol. The third-order valence-corrected chi connectivity index (χ3v) is 7.85. The van der Waals surface area contributed by atoms with E-state index < -0.39 is 35.0 Å². The second kappa shape index (κ2) is 10.5. The molecule has 0 aromatic heterocycles. The maximum Gasteiger partial charge on any atom is 0.412 e. The van der Waals surface area contributed by atoms with Crippen LogP contribution in [-0.2, 0) is 26.2 Å². The standard InChI is InChI=1S/C33H38N2O6/c1-31(2,3)41-30(38)35-27(21-40-32(35,4)5)28(36)33(23-16-18-24(39-6)19-17-23)25-14-10-11-15-26(25)34(29(33)37)20-22-12-8-7-9-13-22/h7-19,27-28,36H,20-21H2,1-6H3/t27-,28-,33+/m0/s1. The lowest BCUT2D eigenvalue weighted by atomic mass is 9.68. The van der Waals surface area contributed by atoms with Crippen LogP contribution in [0, 0.1) is 0 Å². The van der Waals surface area contributed by atoms with E-state index in [0.717, 1.165) is 5.56 Å². The average Bonchev–Trinajstić information content (AvgIpc) is 3.39. The second-order valence-electron chi connectivity index (χ2n) is 12.1. The number of para-hydroxylation sites is 1. The number of methoxy groups -OCH3 is 1. The Morgan fingerprint density at radius 3 is 2.29 bits per heavy atom. The number of anilines is 1. The van der Waals surface area contributed by atoms with Gasteiger partial charge in [-0.25, -0.2) is 4.79 Å². The van der Waals surface area contributed by atoms with Gasteiger partial charge in [0.05, 0.1) is 32.4 Å². The molecule has 3 atom stereocenters. The Morgan fingerprint density at radius 1 is 1.02 bits per heavy atom. The van der Waals surface area contributed by atoms with Crippen molar-refractivity contribution in [2.45, 2.75) is 70.1 Å². The van der Waals surface area contributed by atoms with Gasteiger partial charge in [0.15, 0.2) is 0 Å². The van der Waals surface area contributed by atoms with Gasteiger partial charge in [0.25, 0.3) is 0 Å². The summed E-state index contributed by atoms with van der Waals surface area (Å²) in [4.78, 5) is 31.6. The highest BCUT2D eigenvalue weighted by atomic mass is 16.6. The lowest BCUT2D eigenvalue weighted by Gasteiger charge is -2.42. The van der Waals surface area contributed by atoms with Gasteiger partial charge in [-0.05, 0) is 69.5 Å². The van der Waals surface area contributed by atoms with Crippen LogP contribution in [0.3, 0.4) is 0 Å². The van der Waals surface area contributed by atoms with Crippen molar-refractivity contribution >= 4 is 17.7 Å². The molecule has 1 N–H and O–H groups in total. The minimum atomic E-state index is -1.54. The fourth-order valence-electron chi connectivity index (χ4n) is 6.01. The van der Waals surface area contributed by atoms with Crippen molar-refractivity contribution in [2.24, 2.45) is 0 Å². The number of benzene rings is 3. The predicted octanol–water partition coefficient (Wildman–Crippen LogP) is 5.26. The molecule has 5 rings (SSSR count). The molecule has 0 radical (unpaired) electrons. The minimum Gasteiger partial charge on any atom is -0.497 e. The van der Waals surface area contributed by atoms with Crippen LogP contribution in [-0.4, -0.2) is 59.2 Å². The number of hydrogen-bond donors (Lipinski definition) is 1. The van der Waals surface area contributed by atoms with Crippen LogP contribution < -0.4 is 9.64 Å². The summed E-state index contributed by atoms with van der Waals surface area (Å²) in [5.74, 6) is 0.341. The number of ether oxygens (including phenoxy) is 3. The van der Waals surface area contributed by atoms with Gasteiger partial charge in [0, 0.05) is 5.69 Å². The molecule has 0 unspecified atom stereocenters. The number of aliphatic hydroxyl groups is 1. The van der Waals surface area contributed by atoms with Gasteiger partial charge in [-0.2, -0.15) is 0 Å². The number of aliphatic hydroxyl groups excluding tert-OH is 1. The Kier molecular flexibility index (Phi) is 7.34. The first-order valence-corrected chi connectivity index (χ1v) is 13.8. The maximum absolute atomic E-state index is 14.9. The van der Waals surface area contributed by atoms with E-state index in [2.05, 4.69) is 0 Å². The zero-order chi connectivity index (χ0) is 29.6. The molecule has 2 amide bonds. The molecule has 0 aliphatic carbocycles. The van der Waals surface area contributed by atoms with E-state index in [-0.39, 0.29) is 12.5 Å². The maximum atomic E-state index is 14.9. The number of carbonyl (C=O) groups excluding carboxylic acids is 2. The smallest absolute Gasteiger partial charge is 0.412 e. The van der Waals surface area contributed by atoms with Crippen LogP contribution in [0.2, 0.25) is 0 Å². The first-order chi connectivity index (χ1) is 19.4. The third-order valence-electron chi connectivity index (χ3n) is 7.85. The van der Waals surface area contributed by atoms with E-state index in [0.29, 0.717) is 29.1 Å². The van der Waals surface area contributed by atoms with Crippen LogP contribution in [0.1, 0.15) is 51.3 Å². The third kappa shape index (κ3) is 4.96. The van der Waals surface area contributed by atoms with Crippen LogP contribution in [0.15, 0.2) is 78.9 Å². The van der Waals surface area contributed by atoms with Gasteiger partial charge in [-0.3, -0.25) is 9.69 Å². The van der Waals surface area contributed by atoms with Crippen LogP contribution >= 0.6 is 0 Å². The van der Waals surface area contributed by atoms with Crippen molar-refractivity contribution in [2.75, 3.05) is 18.6 Å². The summed E-state index contributed by atoms with van der Waals surface area (Å²) in [6.07, 6.45) is -1.99. The average molecular weight is 559 g/mol. The minimum absolute atomic E-state index is 0.0272. The molecule has 0 bridgehead atoms. The summed E-state index contributed by atoms with van der Waals surface area (Å²) in [5.41, 5.74) is -0.456. The molecule has 1 saturated heterocycles. The number of carbonyl (C=O) groups is 2. The van der Waals surface area contributed by atoms with E-state index in [1.165, 1.54) is 4.90 Å². The van der Waals surface area contributed by atoms with Crippen molar-refractivity contribution < 1.29 is 28.9 Å². The van der Waals surface area contributed by atoms with Crippen molar-refractivity contribution in [3.05, 3.63) is 95.6 Å². The first kappa shape index (κ1) is 28.6. The topological polar surface area (TPSA) is 88.5 Å².